The number of amides is 1. The van der Waals surface area contributed by atoms with E-state index in [1.54, 1.807) is 18.2 Å². The summed E-state index contributed by atoms with van der Waals surface area (Å²) in [6, 6.07) is 8.93. The molecule has 2 aromatic carbocycles. The third kappa shape index (κ3) is 4.17. The lowest BCUT2D eigenvalue weighted by atomic mass is 9.47. The Balaban J connectivity index is 1.84. The first-order valence-electron chi connectivity index (χ1n) is 14.1. The summed E-state index contributed by atoms with van der Waals surface area (Å²) in [5, 5.41) is 44.7. The van der Waals surface area contributed by atoms with E-state index < -0.39 is 69.1 Å². The Morgan fingerprint density at radius 1 is 1.09 bits per heavy atom. The first kappa shape index (κ1) is 31.7. The molecule has 0 aromatic heterocycles. The van der Waals surface area contributed by atoms with Gasteiger partial charge in [0.05, 0.1) is 41.4 Å². The Bertz CT molecular complexity index is 1790. The van der Waals surface area contributed by atoms with Crippen molar-refractivity contribution >= 4 is 23.2 Å². The number of aromatic hydroxyl groups is 1. The number of carbonyl (C=O) groups excluding carboxylic acids is 3. The number of primary amides is 1. The Labute approximate surface area is 259 Å². The van der Waals surface area contributed by atoms with Crippen LogP contribution in [0.15, 0.2) is 47.2 Å². The molecule has 1 saturated carbocycles. The molecule has 4 atom stereocenters. The average Bonchev–Trinajstić information content (AvgIpc) is 2.91. The van der Waals surface area contributed by atoms with Crippen molar-refractivity contribution in [3.05, 3.63) is 63.9 Å². The lowest BCUT2D eigenvalue weighted by molar-refractivity contribution is -0.139. The van der Waals surface area contributed by atoms with Gasteiger partial charge in [-0.1, -0.05) is 12.1 Å². The quantitative estimate of drug-likeness (QED) is 0.246. The summed E-state index contributed by atoms with van der Waals surface area (Å²) >= 11 is 0. The number of aliphatic hydroxyl groups excluding tert-OH is 2. The highest BCUT2D eigenvalue weighted by Gasteiger charge is 2.74. The van der Waals surface area contributed by atoms with Crippen LogP contribution in [0.25, 0.3) is 16.9 Å². The molecule has 0 radical (unpaired) electrons. The van der Waals surface area contributed by atoms with Gasteiger partial charge < -0.3 is 42.2 Å². The van der Waals surface area contributed by atoms with Gasteiger partial charge in [0, 0.05) is 12.1 Å². The highest BCUT2D eigenvalue weighted by Crippen LogP contribution is 2.59. The van der Waals surface area contributed by atoms with Gasteiger partial charge in [-0.3, -0.25) is 19.3 Å². The topological polar surface area (TPSA) is 229 Å². The Morgan fingerprint density at radius 2 is 1.76 bits per heavy atom. The molecule has 9 N–H and O–H groups in total. The van der Waals surface area contributed by atoms with Gasteiger partial charge in [0.1, 0.15) is 28.6 Å². The van der Waals surface area contributed by atoms with Gasteiger partial charge in [0.15, 0.2) is 17.0 Å². The zero-order valence-electron chi connectivity index (χ0n) is 25.6. The molecule has 2 aromatic rings. The second kappa shape index (κ2) is 10.4. The van der Waals surface area contributed by atoms with E-state index >= 15 is 0 Å². The van der Waals surface area contributed by atoms with E-state index in [0.29, 0.717) is 29.0 Å². The molecule has 5 rings (SSSR count). The smallest absolute Gasteiger partial charge is 0.255 e. The minimum atomic E-state index is -2.72. The zero-order valence-corrected chi connectivity index (χ0v) is 25.6. The summed E-state index contributed by atoms with van der Waals surface area (Å²) in [4.78, 5) is 43.9. The van der Waals surface area contributed by atoms with Crippen molar-refractivity contribution in [3.63, 3.8) is 0 Å². The number of ketones is 2. The molecule has 3 aliphatic rings. The van der Waals surface area contributed by atoms with Crippen molar-refractivity contribution < 1.29 is 34.4 Å². The number of nitrogens with two attached hydrogens (primary N) is 3. The Kier molecular flexibility index (Phi) is 7.34. The number of carbonyl (C=O) groups is 3. The molecule has 0 heterocycles. The van der Waals surface area contributed by atoms with Crippen LogP contribution >= 0.6 is 0 Å². The summed E-state index contributed by atoms with van der Waals surface area (Å²) in [7, 11) is 8.30. The number of hydrogen-bond donors (Lipinski definition) is 6. The number of hydrogen-bond acceptors (Lipinski definition) is 12. The molecular formula is C32H36N6O7. The molecule has 0 saturated heterocycles. The summed E-state index contributed by atoms with van der Waals surface area (Å²) in [6.07, 6.45) is -0.629. The van der Waals surface area contributed by atoms with Gasteiger partial charge in [-0.25, -0.2) is 0 Å². The van der Waals surface area contributed by atoms with Crippen LogP contribution in [-0.4, -0.2) is 95.0 Å². The maximum Gasteiger partial charge on any atom is 0.255 e. The Morgan fingerprint density at radius 3 is 2.31 bits per heavy atom. The van der Waals surface area contributed by atoms with Crippen molar-refractivity contribution in [1.29, 1.82) is 5.26 Å². The number of rotatable bonds is 6. The SMILES string of the molecule is COc1ccc(CN(C)C)cc1-c1ccc(O)c2c1C[C@@]1(N)C[C@@]3(N)[C@H](N(C)C)C(=O)C(C(N)=O)=C(O)[C@@]3(C#N)C(=O)C1=C2O. The molecule has 1 amide bonds. The molecule has 13 heteroatoms. The van der Waals surface area contributed by atoms with E-state index in [4.69, 9.17) is 21.9 Å². The van der Waals surface area contributed by atoms with Crippen LogP contribution in [0, 0.1) is 16.7 Å². The molecule has 0 bridgehead atoms. The number of benzene rings is 2. The van der Waals surface area contributed by atoms with Crippen molar-refractivity contribution in [2.75, 3.05) is 35.3 Å². The van der Waals surface area contributed by atoms with Gasteiger partial charge in [-0.15, -0.1) is 0 Å². The minimum absolute atomic E-state index is 0.0933. The van der Waals surface area contributed by atoms with Crippen molar-refractivity contribution in [3.8, 4) is 28.7 Å². The first-order chi connectivity index (χ1) is 21.0. The van der Waals surface area contributed by atoms with Crippen LogP contribution in [0.2, 0.25) is 0 Å². The molecule has 45 heavy (non-hydrogen) atoms. The lowest BCUT2D eigenvalue weighted by Crippen LogP contribution is -2.80. The van der Waals surface area contributed by atoms with Gasteiger partial charge in [-0.2, -0.15) is 5.26 Å². The van der Waals surface area contributed by atoms with E-state index in [-0.39, 0.29) is 17.7 Å². The number of aliphatic hydroxyl groups is 2. The van der Waals surface area contributed by atoms with Crippen molar-refractivity contribution in [2.24, 2.45) is 22.6 Å². The fourth-order valence-electron chi connectivity index (χ4n) is 7.51. The number of Topliss-reactive ketones (excluding diaryl/α,β-unsaturated/α-hetero) is 2. The zero-order chi connectivity index (χ0) is 33.4. The number of nitriles is 1. The molecule has 3 aliphatic carbocycles. The number of fused-ring (bicyclic) bond motifs is 3. The summed E-state index contributed by atoms with van der Waals surface area (Å²) in [5.74, 6) is -5.28. The van der Waals surface area contributed by atoms with Crippen molar-refractivity contribution in [2.45, 2.75) is 36.5 Å². The van der Waals surface area contributed by atoms with E-state index in [0.717, 1.165) is 5.56 Å². The average molecular weight is 617 g/mol. The highest BCUT2D eigenvalue weighted by molar-refractivity contribution is 6.25. The fourth-order valence-corrected chi connectivity index (χ4v) is 7.51. The highest BCUT2D eigenvalue weighted by atomic mass is 16.5. The van der Waals surface area contributed by atoms with Gasteiger partial charge >= 0.3 is 0 Å². The van der Waals surface area contributed by atoms with Crippen LogP contribution in [0.3, 0.4) is 0 Å². The van der Waals surface area contributed by atoms with Crippen LogP contribution in [0.1, 0.15) is 23.1 Å². The predicted octanol–water partition coefficient (Wildman–Crippen LogP) is 0.643. The number of methoxy groups -OCH3 is 1. The molecule has 13 nitrogen and oxygen atoms in total. The molecule has 1 fully saturated rings. The number of phenols is 1. The molecule has 0 aliphatic heterocycles. The largest absolute Gasteiger partial charge is 0.509 e. The Hall–Kier alpha value is -4.74. The van der Waals surface area contributed by atoms with E-state index in [1.807, 2.05) is 31.1 Å². The van der Waals surface area contributed by atoms with E-state index in [1.165, 1.54) is 32.2 Å². The summed E-state index contributed by atoms with van der Waals surface area (Å²) < 4.78 is 5.66. The maximum absolute atomic E-state index is 14.6. The van der Waals surface area contributed by atoms with E-state index in [2.05, 4.69) is 0 Å². The van der Waals surface area contributed by atoms with Crippen LogP contribution in [0.4, 0.5) is 0 Å². The lowest BCUT2D eigenvalue weighted by Gasteiger charge is -2.58. The minimum Gasteiger partial charge on any atom is -0.509 e. The fraction of sp³-hybridized carbons (Fsp3) is 0.375. The summed E-state index contributed by atoms with van der Waals surface area (Å²) in [6.45, 7) is 0.609. The molecule has 236 valence electrons. The van der Waals surface area contributed by atoms with Crippen molar-refractivity contribution in [1.82, 2.24) is 9.80 Å². The third-order valence-corrected chi connectivity index (χ3v) is 9.19. The second-order valence-corrected chi connectivity index (χ2v) is 12.5. The van der Waals surface area contributed by atoms with Crippen LogP contribution < -0.4 is 21.9 Å². The van der Waals surface area contributed by atoms with Gasteiger partial charge in [0.2, 0.25) is 0 Å². The van der Waals surface area contributed by atoms with E-state index in [9.17, 15) is 35.0 Å². The number of ether oxygens (including phenoxy) is 1. The molecular weight excluding hydrogens is 580 g/mol. The number of nitrogens with zero attached hydrogens (tertiary/aromatic N) is 3. The first-order valence-corrected chi connectivity index (χ1v) is 14.1. The monoisotopic (exact) mass is 616 g/mol. The second-order valence-electron chi connectivity index (χ2n) is 12.5. The van der Waals surface area contributed by atoms with Gasteiger partial charge in [0.25, 0.3) is 5.91 Å². The standard InChI is InChI=1S/C32H36N6O7/c1-37(2)12-15-6-9-20(45-5)17(10-15)16-7-8-19(39)21-18(16)11-30(35)13-32(36)26(38(3)4)25(41)22(29(34)44)27(42)31(32,14-33)28(43)23(30)24(21)40/h6-10,26,39-40,42H,11-13,35-36H2,1-5H3,(H2,34,44)/t26-,30-,31+,32-/m1/s1. The molecule has 0 spiro atoms. The summed E-state index contributed by atoms with van der Waals surface area (Å²) in [5.41, 5.74) is 13.7. The third-order valence-electron chi connectivity index (χ3n) is 9.19. The molecule has 0 unspecified atom stereocenters. The normalized spacial score (nSPS) is 27.7. The maximum atomic E-state index is 14.6. The van der Waals surface area contributed by atoms with Crippen LogP contribution in [0.5, 0.6) is 11.5 Å². The van der Waals surface area contributed by atoms with Gasteiger partial charge in [-0.05, 0) is 75.9 Å². The number of phenolic OH excluding ortho intramolecular Hbond substituents is 1. The predicted molar refractivity (Wildman–Crippen MR) is 164 cm³/mol. The number of likely N-dealkylation sites (N-methyl/N-ethyl adjacent to an activating group) is 1. The van der Waals surface area contributed by atoms with Crippen LogP contribution in [-0.2, 0) is 27.3 Å².